The van der Waals surface area contributed by atoms with Crippen molar-refractivity contribution >= 4 is 40.7 Å². The third-order valence-corrected chi connectivity index (χ3v) is 4.21. The van der Waals surface area contributed by atoms with Crippen LogP contribution in [0, 0.1) is 0 Å². The Morgan fingerprint density at radius 3 is 2.63 bits per heavy atom. The molecule has 0 aliphatic carbocycles. The largest absolute Gasteiger partial charge is 0.496 e. The molecule has 0 bridgehead atoms. The summed E-state index contributed by atoms with van der Waals surface area (Å²) in [4.78, 5) is 1.06. The first-order chi connectivity index (χ1) is 9.10. The van der Waals surface area contributed by atoms with Gasteiger partial charge in [0, 0.05) is 21.2 Å². The predicted molar refractivity (Wildman–Crippen MR) is 83.4 cm³/mol. The second-order valence-electron chi connectivity index (χ2n) is 3.93. The first kappa shape index (κ1) is 14.4. The number of methoxy groups -OCH3 is 1. The number of nitrogens with two attached hydrogens (primary N) is 1. The van der Waals surface area contributed by atoms with E-state index in [0.29, 0.717) is 15.7 Å². The summed E-state index contributed by atoms with van der Waals surface area (Å²) in [6.07, 6.45) is 0. The normalized spacial score (nSPS) is 10.5. The number of ether oxygens (including phenoxy) is 1. The minimum Gasteiger partial charge on any atom is -0.496 e. The number of halogens is 2. The van der Waals surface area contributed by atoms with Gasteiger partial charge in [0.25, 0.3) is 0 Å². The van der Waals surface area contributed by atoms with E-state index in [9.17, 15) is 0 Å². The highest BCUT2D eigenvalue weighted by molar-refractivity contribution is 7.98. The Bertz CT molecular complexity index is 590. The van der Waals surface area contributed by atoms with Crippen molar-refractivity contribution in [1.82, 2.24) is 0 Å². The van der Waals surface area contributed by atoms with E-state index >= 15 is 0 Å². The molecule has 0 spiro atoms. The van der Waals surface area contributed by atoms with Crippen LogP contribution in [-0.4, -0.2) is 7.11 Å². The fourth-order valence-electron chi connectivity index (χ4n) is 1.62. The Kier molecular flexibility index (Phi) is 4.86. The van der Waals surface area contributed by atoms with Crippen molar-refractivity contribution in [2.45, 2.75) is 10.6 Å². The van der Waals surface area contributed by atoms with E-state index in [1.165, 1.54) is 0 Å². The highest BCUT2D eigenvalue weighted by Crippen LogP contribution is 2.32. The lowest BCUT2D eigenvalue weighted by atomic mass is 10.2. The van der Waals surface area contributed by atoms with Crippen LogP contribution in [0.2, 0.25) is 10.0 Å². The summed E-state index contributed by atoms with van der Waals surface area (Å²) in [7, 11) is 1.65. The lowest BCUT2D eigenvalue weighted by Gasteiger charge is -2.09. The average Bonchev–Trinajstić information content (AvgIpc) is 2.40. The van der Waals surface area contributed by atoms with Gasteiger partial charge in [-0.3, -0.25) is 0 Å². The number of hydrogen-bond donors (Lipinski definition) is 1. The van der Waals surface area contributed by atoms with Crippen molar-refractivity contribution in [3.63, 3.8) is 0 Å². The Morgan fingerprint density at radius 2 is 1.95 bits per heavy atom. The Balaban J connectivity index is 2.13. The van der Waals surface area contributed by atoms with Gasteiger partial charge in [0.15, 0.2) is 0 Å². The molecule has 2 rings (SSSR count). The molecule has 0 fully saturated rings. The summed E-state index contributed by atoms with van der Waals surface area (Å²) in [6, 6.07) is 11.2. The van der Waals surface area contributed by atoms with E-state index in [1.807, 2.05) is 30.3 Å². The van der Waals surface area contributed by atoms with Crippen LogP contribution in [0.4, 0.5) is 5.69 Å². The summed E-state index contributed by atoms with van der Waals surface area (Å²) in [5, 5.41) is 1.27. The van der Waals surface area contributed by atoms with Crippen LogP contribution in [0.3, 0.4) is 0 Å². The number of rotatable bonds is 4. The zero-order valence-corrected chi connectivity index (χ0v) is 12.6. The van der Waals surface area contributed by atoms with Gasteiger partial charge in [-0.2, -0.15) is 0 Å². The van der Waals surface area contributed by atoms with E-state index in [0.717, 1.165) is 22.0 Å². The Hall–Kier alpha value is -1.03. The number of anilines is 1. The van der Waals surface area contributed by atoms with Crippen LogP contribution in [0.25, 0.3) is 0 Å². The average molecular weight is 314 g/mol. The second-order valence-corrected chi connectivity index (χ2v) is 5.82. The molecule has 2 aromatic rings. The van der Waals surface area contributed by atoms with Gasteiger partial charge in [-0.25, -0.2) is 0 Å². The third-order valence-electron chi connectivity index (χ3n) is 2.61. The maximum atomic E-state index is 6.00. The summed E-state index contributed by atoms with van der Waals surface area (Å²) in [5.41, 5.74) is 7.32. The van der Waals surface area contributed by atoms with Crippen molar-refractivity contribution in [2.75, 3.05) is 12.8 Å². The van der Waals surface area contributed by atoms with Gasteiger partial charge in [0.1, 0.15) is 5.75 Å². The maximum absolute atomic E-state index is 6.00. The molecule has 2 N–H and O–H groups in total. The molecule has 0 saturated heterocycles. The van der Waals surface area contributed by atoms with Gasteiger partial charge in [-0.15, -0.1) is 11.8 Å². The lowest BCUT2D eigenvalue weighted by molar-refractivity contribution is 0.411. The number of hydrogen-bond acceptors (Lipinski definition) is 3. The third kappa shape index (κ3) is 3.72. The van der Waals surface area contributed by atoms with Gasteiger partial charge in [0.2, 0.25) is 0 Å². The molecule has 0 aliphatic heterocycles. The van der Waals surface area contributed by atoms with E-state index in [4.69, 9.17) is 33.7 Å². The van der Waals surface area contributed by atoms with E-state index in [1.54, 1.807) is 24.9 Å². The molecule has 2 nitrogen and oxygen atoms in total. The minimum atomic E-state index is 0.572. The highest BCUT2D eigenvalue weighted by atomic mass is 35.5. The van der Waals surface area contributed by atoms with E-state index in [2.05, 4.69) is 0 Å². The maximum Gasteiger partial charge on any atom is 0.123 e. The molecule has 0 heterocycles. The number of nitrogen functional groups attached to an aromatic ring is 1. The van der Waals surface area contributed by atoms with Gasteiger partial charge >= 0.3 is 0 Å². The van der Waals surface area contributed by atoms with Crippen molar-refractivity contribution in [3.8, 4) is 5.75 Å². The quantitative estimate of drug-likeness (QED) is 0.645. The SMILES string of the molecule is COc1ccc(Cl)cc1CSc1ccc(N)c(Cl)c1. The van der Waals surface area contributed by atoms with Crippen molar-refractivity contribution in [3.05, 3.63) is 52.0 Å². The van der Waals surface area contributed by atoms with E-state index in [-0.39, 0.29) is 0 Å². The minimum absolute atomic E-state index is 0.572. The van der Waals surface area contributed by atoms with Crippen LogP contribution >= 0.6 is 35.0 Å². The summed E-state index contributed by atoms with van der Waals surface area (Å²) >= 11 is 13.7. The molecule has 0 aliphatic rings. The zero-order valence-electron chi connectivity index (χ0n) is 10.3. The standard InChI is InChI=1S/C14H13Cl2NOS/c1-18-14-5-2-10(15)6-9(14)8-19-11-3-4-13(17)12(16)7-11/h2-7H,8,17H2,1H3. The molecule has 0 atom stereocenters. The smallest absolute Gasteiger partial charge is 0.123 e. The van der Waals surface area contributed by atoms with Crippen LogP contribution in [-0.2, 0) is 5.75 Å². The van der Waals surface area contributed by atoms with Crippen LogP contribution in [0.5, 0.6) is 5.75 Å². The molecule has 100 valence electrons. The first-order valence-corrected chi connectivity index (χ1v) is 7.34. The fourth-order valence-corrected chi connectivity index (χ4v) is 2.97. The second kappa shape index (κ2) is 6.42. The molecule has 2 aromatic carbocycles. The molecular formula is C14H13Cl2NOS. The van der Waals surface area contributed by atoms with E-state index < -0.39 is 0 Å². The fraction of sp³-hybridized carbons (Fsp3) is 0.143. The topological polar surface area (TPSA) is 35.2 Å². The van der Waals surface area contributed by atoms with Crippen LogP contribution in [0.1, 0.15) is 5.56 Å². The van der Waals surface area contributed by atoms with Gasteiger partial charge in [0.05, 0.1) is 17.8 Å². The summed E-state index contributed by atoms with van der Waals surface area (Å²) in [6.45, 7) is 0. The van der Waals surface area contributed by atoms with Crippen molar-refractivity contribution in [1.29, 1.82) is 0 Å². The van der Waals surface area contributed by atoms with Gasteiger partial charge in [-0.1, -0.05) is 23.2 Å². The molecule has 19 heavy (non-hydrogen) atoms. The summed E-state index contributed by atoms with van der Waals surface area (Å²) in [5.74, 6) is 1.59. The van der Waals surface area contributed by atoms with Gasteiger partial charge < -0.3 is 10.5 Å². The molecular weight excluding hydrogens is 301 g/mol. The zero-order chi connectivity index (χ0) is 13.8. The Labute approximate surface area is 126 Å². The highest BCUT2D eigenvalue weighted by Gasteiger charge is 2.06. The van der Waals surface area contributed by atoms with Crippen molar-refractivity contribution < 1.29 is 4.74 Å². The van der Waals surface area contributed by atoms with Crippen molar-refractivity contribution in [2.24, 2.45) is 0 Å². The van der Waals surface area contributed by atoms with Gasteiger partial charge in [-0.05, 0) is 36.4 Å². The van der Waals surface area contributed by atoms with Crippen LogP contribution < -0.4 is 10.5 Å². The first-order valence-electron chi connectivity index (χ1n) is 5.60. The van der Waals surface area contributed by atoms with Crippen LogP contribution in [0.15, 0.2) is 41.3 Å². The molecule has 0 aromatic heterocycles. The molecule has 0 radical (unpaired) electrons. The summed E-state index contributed by atoms with van der Waals surface area (Å²) < 4.78 is 5.31. The number of benzene rings is 2. The molecule has 0 unspecified atom stereocenters. The number of thioether (sulfide) groups is 1. The lowest BCUT2D eigenvalue weighted by Crippen LogP contribution is -1.90. The Morgan fingerprint density at radius 1 is 1.16 bits per heavy atom. The molecule has 0 saturated carbocycles. The monoisotopic (exact) mass is 313 g/mol. The predicted octanol–water partition coefficient (Wildman–Crippen LogP) is 4.88. The molecule has 5 heteroatoms. The molecule has 0 amide bonds.